The molecule has 1 heterocycles. The Bertz CT molecular complexity index is 518. The van der Waals surface area contributed by atoms with Gasteiger partial charge in [0.25, 0.3) is 5.91 Å². The van der Waals surface area contributed by atoms with E-state index in [1.807, 2.05) is 24.3 Å². The molecule has 0 aromatic heterocycles. The van der Waals surface area contributed by atoms with Crippen molar-refractivity contribution in [2.75, 3.05) is 24.6 Å². The number of aliphatic hydroxyl groups excluding tert-OH is 1. The van der Waals surface area contributed by atoms with E-state index in [1.165, 1.54) is 0 Å². The van der Waals surface area contributed by atoms with E-state index in [0.29, 0.717) is 30.9 Å². The summed E-state index contributed by atoms with van der Waals surface area (Å²) >= 11 is 0. The number of benzene rings is 1. The second kappa shape index (κ2) is 7.08. The highest BCUT2D eigenvalue weighted by atomic mass is 16.5. The van der Waals surface area contributed by atoms with Gasteiger partial charge in [0.1, 0.15) is 5.75 Å². The van der Waals surface area contributed by atoms with Crippen LogP contribution in [0.25, 0.3) is 0 Å². The number of aliphatic hydroxyl groups is 1. The Kier molecular flexibility index (Phi) is 5.16. The predicted octanol–water partition coefficient (Wildman–Crippen LogP) is 0.689. The molecule has 6 nitrogen and oxygen atoms in total. The van der Waals surface area contributed by atoms with Gasteiger partial charge in [-0.15, -0.1) is 0 Å². The first kappa shape index (κ1) is 15.3. The fourth-order valence-corrected chi connectivity index (χ4v) is 2.20. The zero-order valence-electron chi connectivity index (χ0n) is 12.0. The molecule has 0 spiro atoms. The van der Waals surface area contributed by atoms with E-state index in [-0.39, 0.29) is 24.8 Å². The van der Waals surface area contributed by atoms with E-state index in [1.54, 1.807) is 11.8 Å². The molecule has 1 aromatic rings. The van der Waals surface area contributed by atoms with Crippen LogP contribution in [0.1, 0.15) is 19.8 Å². The molecule has 1 aromatic carbocycles. The van der Waals surface area contributed by atoms with Crippen LogP contribution in [0.5, 0.6) is 5.75 Å². The third-order valence-electron chi connectivity index (χ3n) is 3.29. The molecule has 0 saturated heterocycles. The Morgan fingerprint density at radius 1 is 1.43 bits per heavy atom. The number of nitrogens with zero attached hydrogens (tertiary/aromatic N) is 1. The molecule has 0 aliphatic carbocycles. The van der Waals surface area contributed by atoms with Gasteiger partial charge in [-0.2, -0.15) is 0 Å². The van der Waals surface area contributed by atoms with Crippen LogP contribution in [-0.4, -0.2) is 42.7 Å². The van der Waals surface area contributed by atoms with E-state index >= 15 is 0 Å². The fraction of sp³-hybridized carbons (Fsp3) is 0.467. The molecule has 0 saturated carbocycles. The molecule has 1 aliphatic heterocycles. The van der Waals surface area contributed by atoms with Gasteiger partial charge in [0.2, 0.25) is 5.91 Å². The average molecular weight is 292 g/mol. The van der Waals surface area contributed by atoms with E-state index in [0.717, 1.165) is 0 Å². The van der Waals surface area contributed by atoms with Gasteiger partial charge in [-0.1, -0.05) is 12.1 Å². The van der Waals surface area contributed by atoms with E-state index in [2.05, 4.69) is 5.32 Å². The number of carbonyl (C=O) groups is 2. The highest BCUT2D eigenvalue weighted by Crippen LogP contribution is 2.33. The summed E-state index contributed by atoms with van der Waals surface area (Å²) in [7, 11) is 0. The zero-order valence-corrected chi connectivity index (χ0v) is 12.0. The fourth-order valence-electron chi connectivity index (χ4n) is 2.20. The Balaban J connectivity index is 1.98. The van der Waals surface area contributed by atoms with Gasteiger partial charge < -0.3 is 20.1 Å². The molecule has 6 heteroatoms. The van der Waals surface area contributed by atoms with Crippen LogP contribution in [0, 0.1) is 0 Å². The molecule has 0 radical (unpaired) electrons. The largest absolute Gasteiger partial charge is 0.479 e. The van der Waals surface area contributed by atoms with Crippen LogP contribution in [0.15, 0.2) is 24.3 Å². The number of fused-ring (bicyclic) bond motifs is 1. The predicted molar refractivity (Wildman–Crippen MR) is 78.2 cm³/mol. The first-order valence-electron chi connectivity index (χ1n) is 7.08. The third kappa shape index (κ3) is 3.72. The van der Waals surface area contributed by atoms with Crippen molar-refractivity contribution in [3.05, 3.63) is 24.3 Å². The molecule has 1 aliphatic rings. The maximum atomic E-state index is 12.2. The molecule has 1 unspecified atom stereocenters. The van der Waals surface area contributed by atoms with Crippen LogP contribution in [0.3, 0.4) is 0 Å². The molecule has 2 amide bonds. The number of anilines is 1. The molecule has 0 bridgehead atoms. The SMILES string of the molecule is CC1Oc2ccccc2N(CCC(=O)NCCCO)C1=O. The molecular formula is C15H20N2O4. The van der Waals surface area contributed by atoms with Gasteiger partial charge in [-0.3, -0.25) is 9.59 Å². The number of rotatable bonds is 6. The average Bonchev–Trinajstić information content (AvgIpc) is 2.48. The molecular weight excluding hydrogens is 272 g/mol. The summed E-state index contributed by atoms with van der Waals surface area (Å²) in [5, 5.41) is 11.4. The summed E-state index contributed by atoms with van der Waals surface area (Å²) in [5.41, 5.74) is 0.698. The minimum absolute atomic E-state index is 0.0487. The Morgan fingerprint density at radius 3 is 2.95 bits per heavy atom. The first-order chi connectivity index (χ1) is 10.1. The van der Waals surface area contributed by atoms with Gasteiger partial charge in [0.15, 0.2) is 6.10 Å². The van der Waals surface area contributed by atoms with E-state index < -0.39 is 6.10 Å². The highest BCUT2D eigenvalue weighted by Gasteiger charge is 2.31. The summed E-state index contributed by atoms with van der Waals surface area (Å²) in [6.45, 7) is 2.51. The summed E-state index contributed by atoms with van der Waals surface area (Å²) in [6.07, 6.45) is 0.206. The van der Waals surface area contributed by atoms with Gasteiger partial charge in [0.05, 0.1) is 5.69 Å². The summed E-state index contributed by atoms with van der Waals surface area (Å²) < 4.78 is 5.54. The molecule has 0 fully saturated rings. The lowest BCUT2D eigenvalue weighted by molar-refractivity contribution is -0.125. The van der Waals surface area contributed by atoms with Gasteiger partial charge in [0, 0.05) is 26.1 Å². The summed E-state index contributed by atoms with van der Waals surface area (Å²) in [4.78, 5) is 25.5. The number of ether oxygens (including phenoxy) is 1. The lowest BCUT2D eigenvalue weighted by Crippen LogP contribution is -2.45. The highest BCUT2D eigenvalue weighted by molar-refractivity contribution is 6.00. The first-order valence-corrected chi connectivity index (χ1v) is 7.08. The summed E-state index contributed by atoms with van der Waals surface area (Å²) in [6, 6.07) is 7.30. The van der Waals surface area contributed by atoms with Crippen molar-refractivity contribution in [2.24, 2.45) is 0 Å². The van der Waals surface area contributed by atoms with Crippen LogP contribution in [0.2, 0.25) is 0 Å². The molecule has 2 rings (SSSR count). The summed E-state index contributed by atoms with van der Waals surface area (Å²) in [5.74, 6) is 0.384. The second-order valence-electron chi connectivity index (χ2n) is 4.89. The third-order valence-corrected chi connectivity index (χ3v) is 3.29. The van der Waals surface area contributed by atoms with E-state index in [9.17, 15) is 9.59 Å². The minimum atomic E-state index is -0.544. The lowest BCUT2D eigenvalue weighted by atomic mass is 10.1. The second-order valence-corrected chi connectivity index (χ2v) is 4.89. The van der Waals surface area contributed by atoms with E-state index in [4.69, 9.17) is 9.84 Å². The number of carbonyl (C=O) groups excluding carboxylic acids is 2. The van der Waals surface area contributed by atoms with Gasteiger partial charge in [-0.05, 0) is 25.5 Å². The minimum Gasteiger partial charge on any atom is -0.479 e. The Hall–Kier alpha value is -2.08. The Labute approximate surface area is 123 Å². The standard InChI is InChI=1S/C15H20N2O4/c1-11-15(20)17(9-7-14(19)16-8-4-10-18)12-5-2-3-6-13(12)21-11/h2-3,5-6,11,18H,4,7-10H2,1H3,(H,16,19). The van der Waals surface area contributed by atoms with Crippen molar-refractivity contribution in [1.82, 2.24) is 5.32 Å². The van der Waals surface area contributed by atoms with Crippen molar-refractivity contribution >= 4 is 17.5 Å². The molecule has 1 atom stereocenters. The lowest BCUT2D eigenvalue weighted by Gasteiger charge is -2.32. The molecule has 114 valence electrons. The van der Waals surface area contributed by atoms with Gasteiger partial charge in [-0.25, -0.2) is 0 Å². The zero-order chi connectivity index (χ0) is 15.2. The normalized spacial score (nSPS) is 17.1. The maximum absolute atomic E-state index is 12.2. The van der Waals surface area contributed by atoms with Crippen LogP contribution < -0.4 is 15.0 Å². The monoisotopic (exact) mass is 292 g/mol. The number of nitrogens with one attached hydrogen (secondary N) is 1. The molecule has 2 N–H and O–H groups in total. The molecule has 21 heavy (non-hydrogen) atoms. The number of para-hydroxylation sites is 2. The maximum Gasteiger partial charge on any atom is 0.267 e. The van der Waals surface area contributed by atoms with Crippen LogP contribution in [0.4, 0.5) is 5.69 Å². The van der Waals surface area contributed by atoms with Gasteiger partial charge >= 0.3 is 0 Å². The number of hydrogen-bond donors (Lipinski definition) is 2. The quantitative estimate of drug-likeness (QED) is 0.756. The van der Waals surface area contributed by atoms with Crippen molar-refractivity contribution in [3.8, 4) is 5.75 Å². The number of hydrogen-bond acceptors (Lipinski definition) is 4. The van der Waals surface area contributed by atoms with Crippen LogP contribution in [-0.2, 0) is 9.59 Å². The Morgan fingerprint density at radius 2 is 2.19 bits per heavy atom. The van der Waals surface area contributed by atoms with Crippen molar-refractivity contribution in [3.63, 3.8) is 0 Å². The van der Waals surface area contributed by atoms with Crippen LogP contribution >= 0.6 is 0 Å². The topological polar surface area (TPSA) is 78.9 Å². The van der Waals surface area contributed by atoms with Crippen molar-refractivity contribution < 1.29 is 19.4 Å². The smallest absolute Gasteiger partial charge is 0.267 e. The van der Waals surface area contributed by atoms with Crippen molar-refractivity contribution in [1.29, 1.82) is 0 Å². The number of amides is 2. The van der Waals surface area contributed by atoms with Crippen molar-refractivity contribution in [2.45, 2.75) is 25.9 Å².